The van der Waals surface area contributed by atoms with Gasteiger partial charge in [0.15, 0.2) is 0 Å². The first kappa shape index (κ1) is 38.6. The van der Waals surface area contributed by atoms with Gasteiger partial charge in [-0.2, -0.15) is 13.2 Å². The Bertz CT molecular complexity index is 1670. The number of alkyl halides is 3. The van der Waals surface area contributed by atoms with Gasteiger partial charge in [-0.15, -0.1) is 0 Å². The van der Waals surface area contributed by atoms with E-state index in [1.54, 1.807) is 13.0 Å². The van der Waals surface area contributed by atoms with Crippen LogP contribution >= 0.6 is 11.6 Å². The van der Waals surface area contributed by atoms with Crippen molar-refractivity contribution < 1.29 is 50.2 Å². The monoisotopic (exact) mass is 761 g/mol. The molecule has 13 nitrogen and oxygen atoms in total. The molecule has 3 fully saturated rings. The Kier molecular flexibility index (Phi) is 10.9. The van der Waals surface area contributed by atoms with Gasteiger partial charge in [0.25, 0.3) is 5.91 Å². The number of carbonyl (C=O) groups excluding carboxylic acids is 4. The summed E-state index contributed by atoms with van der Waals surface area (Å²) in [5.74, 6) is -3.51. The number of fused-ring (bicyclic) bond motifs is 2. The van der Waals surface area contributed by atoms with Crippen molar-refractivity contribution in [1.29, 1.82) is 0 Å². The number of ether oxygens (including phenoxy) is 2. The van der Waals surface area contributed by atoms with Crippen LogP contribution in [0, 0.1) is 17.8 Å². The average molecular weight is 762 g/mol. The lowest BCUT2D eigenvalue weighted by Crippen LogP contribution is -2.59. The number of aromatic nitrogens is 1. The van der Waals surface area contributed by atoms with Crippen LogP contribution in [-0.2, 0) is 29.1 Å². The van der Waals surface area contributed by atoms with Crippen LogP contribution in [0.3, 0.4) is 0 Å². The molecule has 0 bridgehead atoms. The lowest BCUT2D eigenvalue weighted by molar-refractivity contribution is -0.244. The van der Waals surface area contributed by atoms with Gasteiger partial charge in [0, 0.05) is 29.6 Å². The molecule has 1 aromatic heterocycles. The van der Waals surface area contributed by atoms with E-state index in [9.17, 15) is 40.8 Å². The molecule has 0 radical (unpaired) electrons. The van der Waals surface area contributed by atoms with E-state index in [0.29, 0.717) is 51.0 Å². The highest BCUT2D eigenvalue weighted by atomic mass is 35.5. The molecule has 4 aliphatic rings. The van der Waals surface area contributed by atoms with Gasteiger partial charge >= 0.3 is 12.3 Å². The van der Waals surface area contributed by atoms with Crippen LogP contribution in [0.1, 0.15) is 72.6 Å². The molecular weight excluding hydrogens is 719 g/mol. The zero-order chi connectivity index (χ0) is 37.5. The van der Waals surface area contributed by atoms with Crippen molar-refractivity contribution in [3.63, 3.8) is 0 Å². The average Bonchev–Trinajstić information content (AvgIpc) is 3.94. The molecule has 4 amide bonds. The predicted octanol–water partition coefficient (Wildman–Crippen LogP) is 4.01. The fraction of sp³-hybridized carbons (Fsp3) is 0.667. The third-order valence-electron chi connectivity index (χ3n) is 9.90. The van der Waals surface area contributed by atoms with E-state index in [-0.39, 0.29) is 31.2 Å². The Morgan fingerprint density at radius 3 is 2.49 bits per heavy atom. The smallest absolute Gasteiger partial charge is 0.427 e. The number of pyridine rings is 1. The third-order valence-corrected chi connectivity index (χ3v) is 12.0. The van der Waals surface area contributed by atoms with Crippen molar-refractivity contribution in [2.75, 3.05) is 6.54 Å². The second-order valence-electron chi connectivity index (χ2n) is 14.6. The molecule has 1 aromatic rings. The van der Waals surface area contributed by atoms with Crippen LogP contribution in [-0.4, -0.2) is 89.4 Å². The summed E-state index contributed by atoms with van der Waals surface area (Å²) in [6, 6.07) is 0.249. The number of nitrogens with zero attached hydrogens (tertiary/aromatic N) is 2. The van der Waals surface area contributed by atoms with E-state index >= 15 is 0 Å². The second-order valence-corrected chi connectivity index (χ2v) is 17.0. The Morgan fingerprint density at radius 2 is 1.84 bits per heavy atom. The number of allylic oxidation sites excluding steroid dienone is 1. The number of amides is 4. The fourth-order valence-electron chi connectivity index (χ4n) is 6.56. The Hall–Kier alpha value is -3.60. The standard InChI is InChI=1S/C33H43ClF3N5O8S/c1-18-7-5-6-8-20-16-32(20,29(45)41-51(47,48)23-9-10-23)40-27(43)24-15-22(49-25-14-21(34)11-12-38-25)17-42(24)28(44)26(19(2)13-18)39-30(46)50-31(3,4)33(35,36)37/h6,8,11-12,14,18-20,22-24,26H,5,7,9-10,13,15-17H2,1-4H3,(H,39,46)(H,40,43)(H,41,45)/b8-6-/t18-,19+,20+,22+,24-,26-,32+/m0/s1. The van der Waals surface area contributed by atoms with Gasteiger partial charge in [-0.25, -0.2) is 18.2 Å². The largest absolute Gasteiger partial charge is 0.472 e. The molecule has 5 rings (SSSR count). The second kappa shape index (κ2) is 14.4. The highest BCUT2D eigenvalue weighted by Crippen LogP contribution is 2.46. The van der Waals surface area contributed by atoms with E-state index in [4.69, 9.17) is 21.1 Å². The van der Waals surface area contributed by atoms with Crippen LogP contribution in [0.2, 0.25) is 5.02 Å². The van der Waals surface area contributed by atoms with E-state index < -0.39 is 86.4 Å². The van der Waals surface area contributed by atoms with Crippen LogP contribution in [0.4, 0.5) is 18.0 Å². The first-order valence-electron chi connectivity index (χ1n) is 16.9. The van der Waals surface area contributed by atoms with Gasteiger partial charge < -0.3 is 25.0 Å². The number of nitrogens with one attached hydrogen (secondary N) is 3. The first-order valence-corrected chi connectivity index (χ1v) is 18.8. The molecule has 3 N–H and O–H groups in total. The molecular formula is C33H43ClF3N5O8S. The summed E-state index contributed by atoms with van der Waals surface area (Å²) in [6.45, 7) is 4.77. The maximum atomic E-state index is 14.4. The van der Waals surface area contributed by atoms with Crippen LogP contribution in [0.25, 0.3) is 0 Å². The summed E-state index contributed by atoms with van der Waals surface area (Å²) in [5, 5.41) is 4.71. The number of rotatable bonds is 7. The number of alkyl carbamates (subject to hydrolysis) is 1. The molecule has 0 spiro atoms. The van der Waals surface area contributed by atoms with E-state index in [1.807, 2.05) is 13.0 Å². The van der Waals surface area contributed by atoms with Gasteiger partial charge in [0.05, 0.1) is 11.8 Å². The van der Waals surface area contributed by atoms with Crippen molar-refractivity contribution in [3.8, 4) is 5.88 Å². The van der Waals surface area contributed by atoms with Gasteiger partial charge in [0.1, 0.15) is 23.7 Å². The normalized spacial score (nSPS) is 31.2. The number of hydrogen-bond acceptors (Lipinski definition) is 9. The molecule has 7 atom stereocenters. The first-order chi connectivity index (χ1) is 23.7. The molecule has 3 heterocycles. The Balaban J connectivity index is 1.48. The molecule has 51 heavy (non-hydrogen) atoms. The minimum atomic E-state index is -4.90. The molecule has 1 saturated heterocycles. The summed E-state index contributed by atoms with van der Waals surface area (Å²) < 4.78 is 79.1. The highest BCUT2D eigenvalue weighted by molar-refractivity contribution is 7.91. The van der Waals surface area contributed by atoms with Gasteiger partial charge in [-0.1, -0.05) is 37.6 Å². The van der Waals surface area contributed by atoms with E-state index in [0.717, 1.165) is 4.90 Å². The molecule has 2 aliphatic carbocycles. The van der Waals surface area contributed by atoms with Crippen molar-refractivity contribution >= 4 is 45.4 Å². The molecule has 2 saturated carbocycles. The fourth-order valence-corrected chi connectivity index (χ4v) is 8.08. The highest BCUT2D eigenvalue weighted by Gasteiger charge is 2.62. The molecule has 282 valence electrons. The lowest BCUT2D eigenvalue weighted by Gasteiger charge is -2.34. The minimum Gasteiger partial charge on any atom is -0.472 e. The number of carbonyl (C=O) groups is 4. The number of hydrogen-bond donors (Lipinski definition) is 3. The van der Waals surface area contributed by atoms with Crippen molar-refractivity contribution in [1.82, 2.24) is 25.2 Å². The summed E-state index contributed by atoms with van der Waals surface area (Å²) in [4.78, 5) is 60.4. The molecule has 2 aliphatic heterocycles. The lowest BCUT2D eigenvalue weighted by atomic mass is 9.88. The summed E-state index contributed by atoms with van der Waals surface area (Å²) in [6.07, 6.45) is 0.211. The van der Waals surface area contributed by atoms with Gasteiger partial charge in [0.2, 0.25) is 33.3 Å². The SMILES string of the molecule is C[C@H]1CC/C=C\[C@@H]2C[C@@]2(C(=O)NS(=O)(=O)C2CC2)NC(=O)[C@@H]2C[C@@H](Oc3cc(Cl)ccn3)CN2C(=O)[C@@H](NC(=O)OC(C)(C)C(F)(F)F)[C@H](C)C1. The zero-order valence-corrected chi connectivity index (χ0v) is 30.2. The maximum absolute atomic E-state index is 14.4. The number of sulfonamides is 1. The quantitative estimate of drug-likeness (QED) is 0.347. The molecule has 0 aromatic carbocycles. The van der Waals surface area contributed by atoms with Crippen molar-refractivity contribution in [2.24, 2.45) is 17.8 Å². The van der Waals surface area contributed by atoms with Crippen LogP contribution < -0.4 is 20.1 Å². The Morgan fingerprint density at radius 1 is 1.14 bits per heavy atom. The topological polar surface area (TPSA) is 173 Å². The third kappa shape index (κ3) is 8.90. The minimum absolute atomic E-state index is 0.0235. The van der Waals surface area contributed by atoms with E-state index in [1.165, 1.54) is 18.3 Å². The summed E-state index contributed by atoms with van der Waals surface area (Å²) in [7, 11) is -3.96. The van der Waals surface area contributed by atoms with Gasteiger partial charge in [-0.05, 0) is 70.3 Å². The Labute approximate surface area is 299 Å². The predicted molar refractivity (Wildman–Crippen MR) is 178 cm³/mol. The van der Waals surface area contributed by atoms with E-state index in [2.05, 4.69) is 20.3 Å². The van der Waals surface area contributed by atoms with Crippen molar-refractivity contribution in [3.05, 3.63) is 35.5 Å². The maximum Gasteiger partial charge on any atom is 0.427 e. The molecule has 18 heteroatoms. The van der Waals surface area contributed by atoms with Crippen molar-refractivity contribution in [2.45, 2.75) is 113 Å². The summed E-state index contributed by atoms with van der Waals surface area (Å²) in [5.41, 5.74) is -4.48. The van der Waals surface area contributed by atoms with Crippen LogP contribution in [0.5, 0.6) is 5.88 Å². The summed E-state index contributed by atoms with van der Waals surface area (Å²) >= 11 is 6.09. The zero-order valence-electron chi connectivity index (χ0n) is 28.7. The number of halogens is 4. The molecule has 0 unspecified atom stereocenters. The van der Waals surface area contributed by atoms with Crippen LogP contribution in [0.15, 0.2) is 30.5 Å². The van der Waals surface area contributed by atoms with Gasteiger partial charge in [-0.3, -0.25) is 19.1 Å².